The van der Waals surface area contributed by atoms with Crippen LogP contribution < -0.4 is 20.3 Å². The Kier molecular flexibility index (Phi) is 6.75. The fourth-order valence-corrected chi connectivity index (χ4v) is 4.83. The molecule has 0 aliphatic carbocycles. The molecule has 0 radical (unpaired) electrons. The van der Waals surface area contributed by atoms with Gasteiger partial charge in [-0.25, -0.2) is 0 Å². The van der Waals surface area contributed by atoms with Crippen molar-refractivity contribution >= 4 is 40.3 Å². The van der Waals surface area contributed by atoms with Gasteiger partial charge in [-0.15, -0.1) is 0 Å². The van der Waals surface area contributed by atoms with E-state index >= 15 is 0 Å². The van der Waals surface area contributed by atoms with E-state index < -0.39 is 11.0 Å². The van der Waals surface area contributed by atoms with Gasteiger partial charge in [-0.1, -0.05) is 6.07 Å². The minimum Gasteiger partial charge on any atom is -0.496 e. The molecule has 1 amide bonds. The minimum absolute atomic E-state index is 0.0770. The molecule has 1 aliphatic rings. The number of amides is 1. The van der Waals surface area contributed by atoms with E-state index in [4.69, 9.17) is 21.4 Å². The van der Waals surface area contributed by atoms with E-state index in [1.54, 1.807) is 30.5 Å². The van der Waals surface area contributed by atoms with Crippen LogP contribution in [-0.4, -0.2) is 28.0 Å². The number of nitro benzene ring substituents is 1. The average Bonchev–Trinajstić information content (AvgIpc) is 3.53. The Bertz CT molecular complexity index is 1510. The smallest absolute Gasteiger partial charge is 0.273 e. The molecule has 38 heavy (non-hydrogen) atoms. The number of methoxy groups -OCH3 is 1. The Morgan fingerprint density at radius 1 is 1.16 bits per heavy atom. The second-order valence-corrected chi connectivity index (χ2v) is 8.96. The number of non-ortho nitro benzene ring substituents is 1. The Labute approximate surface area is 223 Å². The van der Waals surface area contributed by atoms with Gasteiger partial charge in [0.25, 0.3) is 5.69 Å². The van der Waals surface area contributed by atoms with Crippen LogP contribution in [0.15, 0.2) is 83.4 Å². The van der Waals surface area contributed by atoms with Crippen molar-refractivity contribution in [3.05, 3.63) is 101 Å². The number of carbonyl (C=O) groups is 1. The maximum atomic E-state index is 11.4. The monoisotopic (exact) mass is 529 g/mol. The molecule has 10 nitrogen and oxygen atoms in total. The van der Waals surface area contributed by atoms with Gasteiger partial charge in [-0.2, -0.15) is 0 Å². The molecule has 0 spiro atoms. The van der Waals surface area contributed by atoms with E-state index in [9.17, 15) is 14.9 Å². The standard InChI is InChI=1S/C27H23N5O5S/c1-16(33)29-17-6-8-18(9-7-17)31-26(25(30-27(31)38)21-5-3-4-14-28-21)23-13-12-22(37-23)20-11-10-19(32(34)35)15-24(20)36-2/h3-15,25-26H,1-2H3,(H,29,33)(H,30,38). The quantitative estimate of drug-likeness (QED) is 0.184. The van der Waals surface area contributed by atoms with Crippen molar-refractivity contribution in [2.24, 2.45) is 0 Å². The van der Waals surface area contributed by atoms with Crippen LogP contribution in [0.4, 0.5) is 17.1 Å². The SMILES string of the molecule is COc1cc([N+](=O)[O-])ccc1-c1ccc(C2C(c3ccccn3)NC(=S)N2c2ccc(NC(C)=O)cc2)o1. The highest BCUT2D eigenvalue weighted by molar-refractivity contribution is 7.80. The van der Waals surface area contributed by atoms with Crippen molar-refractivity contribution in [2.45, 2.75) is 19.0 Å². The number of furan rings is 1. The molecule has 0 bridgehead atoms. The van der Waals surface area contributed by atoms with E-state index in [2.05, 4.69) is 15.6 Å². The van der Waals surface area contributed by atoms with E-state index in [0.29, 0.717) is 33.6 Å². The van der Waals surface area contributed by atoms with Crippen molar-refractivity contribution in [3.8, 4) is 17.1 Å². The molecule has 1 saturated heterocycles. The number of pyridine rings is 1. The van der Waals surface area contributed by atoms with Crippen molar-refractivity contribution in [1.29, 1.82) is 0 Å². The molecule has 4 aromatic rings. The first kappa shape index (κ1) is 24.9. The third kappa shape index (κ3) is 4.78. The fraction of sp³-hybridized carbons (Fsp3) is 0.148. The Morgan fingerprint density at radius 2 is 1.95 bits per heavy atom. The molecule has 5 rings (SSSR count). The number of benzene rings is 2. The molecule has 2 aromatic carbocycles. The topological polar surface area (TPSA) is 123 Å². The first-order valence-corrected chi connectivity index (χ1v) is 12.1. The first-order valence-electron chi connectivity index (χ1n) is 11.7. The van der Waals surface area contributed by atoms with Gasteiger partial charge in [0.2, 0.25) is 5.91 Å². The van der Waals surface area contributed by atoms with Gasteiger partial charge in [0, 0.05) is 30.6 Å². The van der Waals surface area contributed by atoms with Gasteiger partial charge in [-0.05, 0) is 66.8 Å². The zero-order valence-corrected chi connectivity index (χ0v) is 21.3. The number of anilines is 2. The van der Waals surface area contributed by atoms with Gasteiger partial charge >= 0.3 is 0 Å². The number of rotatable bonds is 7. The van der Waals surface area contributed by atoms with Gasteiger partial charge in [0.1, 0.15) is 23.3 Å². The number of hydrogen-bond acceptors (Lipinski definition) is 7. The zero-order valence-electron chi connectivity index (χ0n) is 20.5. The summed E-state index contributed by atoms with van der Waals surface area (Å²) in [6, 6.07) is 20.3. The van der Waals surface area contributed by atoms with Crippen LogP contribution in [-0.2, 0) is 4.79 Å². The van der Waals surface area contributed by atoms with Crippen molar-refractivity contribution in [2.75, 3.05) is 17.3 Å². The number of nitrogens with one attached hydrogen (secondary N) is 2. The van der Waals surface area contributed by atoms with Crippen LogP contribution in [0.3, 0.4) is 0 Å². The van der Waals surface area contributed by atoms with Crippen LogP contribution >= 0.6 is 12.2 Å². The summed E-state index contributed by atoms with van der Waals surface area (Å²) >= 11 is 5.75. The lowest BCUT2D eigenvalue weighted by atomic mass is 10.0. The molecule has 3 heterocycles. The highest BCUT2D eigenvalue weighted by Crippen LogP contribution is 2.44. The summed E-state index contributed by atoms with van der Waals surface area (Å²) in [7, 11) is 1.45. The lowest BCUT2D eigenvalue weighted by Crippen LogP contribution is -2.29. The molecule has 1 fully saturated rings. The van der Waals surface area contributed by atoms with Crippen molar-refractivity contribution < 1.29 is 18.9 Å². The Morgan fingerprint density at radius 3 is 2.61 bits per heavy atom. The molecular formula is C27H23N5O5S. The molecule has 11 heteroatoms. The predicted molar refractivity (Wildman–Crippen MR) is 146 cm³/mol. The number of aromatic nitrogens is 1. The maximum absolute atomic E-state index is 11.4. The van der Waals surface area contributed by atoms with Crippen molar-refractivity contribution in [3.63, 3.8) is 0 Å². The molecular weight excluding hydrogens is 506 g/mol. The molecule has 192 valence electrons. The van der Waals surface area contributed by atoms with Gasteiger partial charge in [-0.3, -0.25) is 19.9 Å². The third-order valence-electron chi connectivity index (χ3n) is 6.14. The zero-order chi connectivity index (χ0) is 26.8. The lowest BCUT2D eigenvalue weighted by Gasteiger charge is -2.26. The van der Waals surface area contributed by atoms with Gasteiger partial charge in [0.15, 0.2) is 5.11 Å². The number of ether oxygens (including phenoxy) is 1. The largest absolute Gasteiger partial charge is 0.496 e. The molecule has 0 saturated carbocycles. The molecule has 2 aromatic heterocycles. The van der Waals surface area contributed by atoms with E-state index in [1.165, 1.54) is 26.2 Å². The summed E-state index contributed by atoms with van der Waals surface area (Å²) in [5, 5.41) is 17.8. The van der Waals surface area contributed by atoms with Crippen LogP contribution in [0.1, 0.15) is 30.5 Å². The number of nitrogens with zero attached hydrogens (tertiary/aromatic N) is 3. The van der Waals surface area contributed by atoms with E-state index in [1.807, 2.05) is 41.3 Å². The minimum atomic E-state index is -0.475. The van der Waals surface area contributed by atoms with Crippen LogP contribution in [0.25, 0.3) is 11.3 Å². The first-order chi connectivity index (χ1) is 18.4. The summed E-state index contributed by atoms with van der Waals surface area (Å²) in [6.07, 6.45) is 1.72. The maximum Gasteiger partial charge on any atom is 0.273 e. The van der Waals surface area contributed by atoms with Crippen molar-refractivity contribution in [1.82, 2.24) is 10.3 Å². The highest BCUT2D eigenvalue weighted by Gasteiger charge is 2.42. The van der Waals surface area contributed by atoms with E-state index in [-0.39, 0.29) is 17.6 Å². The number of nitro groups is 1. The number of thiocarbonyl (C=S) groups is 1. The Balaban J connectivity index is 1.56. The lowest BCUT2D eigenvalue weighted by molar-refractivity contribution is -0.384. The van der Waals surface area contributed by atoms with Crippen LogP contribution in [0, 0.1) is 10.1 Å². The molecule has 1 aliphatic heterocycles. The fourth-order valence-electron chi connectivity index (χ4n) is 4.48. The summed E-state index contributed by atoms with van der Waals surface area (Å²) in [4.78, 5) is 28.7. The van der Waals surface area contributed by atoms with Gasteiger partial charge in [0.05, 0.1) is 35.4 Å². The normalized spacial score (nSPS) is 16.7. The summed E-state index contributed by atoms with van der Waals surface area (Å²) in [6.45, 7) is 1.45. The second-order valence-electron chi connectivity index (χ2n) is 8.57. The van der Waals surface area contributed by atoms with E-state index in [0.717, 1.165) is 11.4 Å². The highest BCUT2D eigenvalue weighted by atomic mass is 32.1. The molecule has 2 unspecified atom stereocenters. The third-order valence-corrected chi connectivity index (χ3v) is 6.46. The number of hydrogen-bond donors (Lipinski definition) is 2. The van der Waals surface area contributed by atoms with Crippen LogP contribution in [0.2, 0.25) is 0 Å². The summed E-state index contributed by atoms with van der Waals surface area (Å²) < 4.78 is 11.8. The van der Waals surface area contributed by atoms with Gasteiger partial charge < -0.3 is 24.7 Å². The average molecular weight is 530 g/mol. The number of carbonyl (C=O) groups excluding carboxylic acids is 1. The molecule has 2 atom stereocenters. The molecule has 2 N–H and O–H groups in total. The summed E-state index contributed by atoms with van der Waals surface area (Å²) in [5.74, 6) is 1.26. The summed E-state index contributed by atoms with van der Waals surface area (Å²) in [5.41, 5.74) is 2.75. The van der Waals surface area contributed by atoms with Crippen LogP contribution in [0.5, 0.6) is 5.75 Å². The predicted octanol–water partition coefficient (Wildman–Crippen LogP) is 5.39. The Hall–Kier alpha value is -4.77. The second kappa shape index (κ2) is 10.3.